The maximum atomic E-state index is 15.8. The molecule has 29 heteroatoms. The highest BCUT2D eigenvalue weighted by atomic mass is 16.5. The number of carbonyl (C=O) groups excluding carboxylic acids is 13. The van der Waals surface area contributed by atoms with Crippen LogP contribution in [0, 0.1) is 41.4 Å². The number of aliphatic hydroxyl groups is 1. The van der Waals surface area contributed by atoms with E-state index in [-0.39, 0.29) is 113 Å². The van der Waals surface area contributed by atoms with Crippen LogP contribution in [-0.2, 0) is 68.6 Å². The van der Waals surface area contributed by atoms with Crippen molar-refractivity contribution in [1.29, 1.82) is 0 Å². The number of ether oxygens (including phenoxy) is 2. The summed E-state index contributed by atoms with van der Waals surface area (Å²) >= 11 is 0. The number of hydrogen-bond donors (Lipinski definition) is 7. The summed E-state index contributed by atoms with van der Waals surface area (Å²) in [5.74, 6) is -11.4. The number of carbonyl (C=O) groups is 13. The van der Waals surface area contributed by atoms with Crippen LogP contribution >= 0.6 is 0 Å². The summed E-state index contributed by atoms with van der Waals surface area (Å²) in [6, 6.07) is 7.73. The van der Waals surface area contributed by atoms with Crippen molar-refractivity contribution in [3.05, 3.63) is 107 Å². The fourth-order valence-corrected chi connectivity index (χ4v) is 15.4. The lowest BCUT2D eigenvalue weighted by Gasteiger charge is -2.41. The van der Waals surface area contributed by atoms with E-state index in [0.29, 0.717) is 5.56 Å². The van der Waals surface area contributed by atoms with Crippen LogP contribution in [-0.4, -0.2) is 271 Å². The molecule has 5 rings (SSSR count). The minimum atomic E-state index is -1.72. The molecule has 654 valence electrons. The fourth-order valence-electron chi connectivity index (χ4n) is 15.4. The number of likely N-dealkylation sites (N-methyl/N-ethyl adjacent to an activating group) is 7. The molecule has 0 spiro atoms. The summed E-state index contributed by atoms with van der Waals surface area (Å²) in [5, 5.41) is 29.2. The average molecular weight is 1650 g/mol. The Kier molecular flexibility index (Phi) is 38.5. The number of rotatable bonds is 26. The SMILES string of the molecule is CC=CC[C@@H](C)[C@@H](O)[C@H]1C(=O)N[C@@H](CC)C(=O)N(C)C(Cc2ccc(C(=O)NCCOCCNC(=O)OCC3c4ccccc4-c4ccccc43)cc2)C(=O)N(C)[C@@H](CC(C)C)C(=O)N[C@@H](C(C)C)C(=O)N(C)[C@@H](CC(C)C)C(=O)N[C@@H](C)C(=O)N[C@H](C)C(=O)N(C)[C@@H](CC(C)C)C(=O)N(C)[C@@H](CC(C)C)C(=O)N(C)[C@@H](C(C)C)C(=O)N1C. The van der Waals surface area contributed by atoms with Gasteiger partial charge in [0.15, 0.2) is 0 Å². The second kappa shape index (κ2) is 46.0. The van der Waals surface area contributed by atoms with Gasteiger partial charge in [-0.05, 0) is 141 Å². The molecule has 1 unspecified atom stereocenters. The van der Waals surface area contributed by atoms with Crippen LogP contribution in [0.4, 0.5) is 4.79 Å². The number of nitrogens with zero attached hydrogens (tertiary/aromatic N) is 7. The monoisotopic (exact) mass is 1640 g/mol. The highest BCUT2D eigenvalue weighted by molar-refractivity contribution is 6.00. The third-order valence-corrected chi connectivity index (χ3v) is 22.4. The van der Waals surface area contributed by atoms with Gasteiger partial charge in [0, 0.05) is 80.3 Å². The summed E-state index contributed by atoms with van der Waals surface area (Å²) in [6.45, 7) is 30.3. The van der Waals surface area contributed by atoms with E-state index in [4.69, 9.17) is 9.47 Å². The molecule has 118 heavy (non-hydrogen) atoms. The molecule has 13 atom stereocenters. The van der Waals surface area contributed by atoms with Gasteiger partial charge in [0.05, 0.1) is 19.3 Å². The number of amides is 13. The van der Waals surface area contributed by atoms with Crippen molar-refractivity contribution in [1.82, 2.24) is 66.2 Å². The number of allylic oxidation sites excluding steroid dienone is 2. The van der Waals surface area contributed by atoms with Crippen LogP contribution in [0.2, 0.25) is 0 Å². The van der Waals surface area contributed by atoms with Crippen LogP contribution in [0.5, 0.6) is 0 Å². The third-order valence-electron chi connectivity index (χ3n) is 22.4. The summed E-state index contributed by atoms with van der Waals surface area (Å²) < 4.78 is 11.4. The predicted molar refractivity (Wildman–Crippen MR) is 454 cm³/mol. The standard InChI is InChI=1S/C89H137N13O16/c1-25-27-32-57(15)76(103)75-81(108)94-67(26-2)83(110)99(21)72(49-60-37-39-61(40-38-60)78(105)90-41-43-117-44-42-91-89(116)118-50-66-64-35-30-28-33-62(64)63-34-29-31-36-65(63)66)85(112)96(18)69(46-52(5)6)80(107)95-73(55(11)12)87(114)97(19)68(45-51(3)4)79(106)92-58(16)77(104)93-59(17)82(109)98(20)70(47-53(7)8)84(111)100(22)71(48-54(9)10)86(113)101(23)74(56(13)14)88(115)102(75)24/h25,27-31,33-40,51-59,66-76,103H,26,32,41-50H2,1-24H3,(H,90,105)(H,91,116)(H,92,106)(H,93,104)(H,94,108)(H,95,107)/t57-,58+,59-,67+,68+,69+,70+,71+,72?,73+,74+,75+,76-/m1/s1. The Morgan fingerprint density at radius 3 is 1.42 bits per heavy atom. The minimum Gasteiger partial charge on any atom is -0.449 e. The van der Waals surface area contributed by atoms with Crippen LogP contribution < -0.4 is 31.9 Å². The molecule has 0 bridgehead atoms. The van der Waals surface area contributed by atoms with Gasteiger partial charge in [-0.25, -0.2) is 4.79 Å². The van der Waals surface area contributed by atoms with Crippen molar-refractivity contribution in [3.63, 3.8) is 0 Å². The minimum absolute atomic E-state index is 0.0447. The Bertz CT molecular complexity index is 3910. The van der Waals surface area contributed by atoms with Gasteiger partial charge in [-0.3, -0.25) is 57.5 Å². The van der Waals surface area contributed by atoms with Gasteiger partial charge in [0.2, 0.25) is 65.0 Å². The Morgan fingerprint density at radius 2 is 0.915 bits per heavy atom. The summed E-state index contributed by atoms with van der Waals surface area (Å²) in [4.78, 5) is 201. The van der Waals surface area contributed by atoms with E-state index in [0.717, 1.165) is 32.1 Å². The number of benzene rings is 3. The first-order valence-electron chi connectivity index (χ1n) is 41.8. The smallest absolute Gasteiger partial charge is 0.407 e. The van der Waals surface area contributed by atoms with E-state index < -0.39 is 167 Å². The van der Waals surface area contributed by atoms with Crippen LogP contribution in [0.25, 0.3) is 11.1 Å². The summed E-state index contributed by atoms with van der Waals surface area (Å²) in [6.07, 6.45) is 1.70. The molecule has 0 aromatic heterocycles. The second-order valence-electron chi connectivity index (χ2n) is 34.3. The molecule has 7 N–H and O–H groups in total. The molecular weight excluding hydrogens is 1510 g/mol. The molecule has 0 saturated carbocycles. The Labute approximate surface area is 699 Å². The molecule has 1 fully saturated rings. The number of fused-ring (bicyclic) bond motifs is 3. The average Bonchev–Trinajstić information content (AvgIpc) is 1.36. The molecule has 1 aliphatic carbocycles. The van der Waals surface area contributed by atoms with Gasteiger partial charge >= 0.3 is 6.09 Å². The first kappa shape index (κ1) is 98.8. The first-order chi connectivity index (χ1) is 55.4. The normalized spacial score (nSPS) is 23.5. The number of nitrogens with one attached hydrogen (secondary N) is 6. The molecule has 3 aromatic carbocycles. The van der Waals surface area contributed by atoms with Gasteiger partial charge in [-0.1, -0.05) is 170 Å². The van der Waals surface area contributed by atoms with Crippen molar-refractivity contribution in [2.45, 2.75) is 241 Å². The Morgan fingerprint density at radius 1 is 0.475 bits per heavy atom. The lowest BCUT2D eigenvalue weighted by atomic mass is 9.91. The highest BCUT2D eigenvalue weighted by Gasteiger charge is 2.47. The topological polar surface area (TPSA) is 355 Å². The molecule has 0 radical (unpaired) electrons. The van der Waals surface area contributed by atoms with Crippen molar-refractivity contribution in [3.8, 4) is 11.1 Å². The van der Waals surface area contributed by atoms with Gasteiger partial charge in [-0.15, -0.1) is 0 Å². The lowest BCUT2D eigenvalue weighted by Crippen LogP contribution is -2.64. The third kappa shape index (κ3) is 26.4. The van der Waals surface area contributed by atoms with Gasteiger partial charge in [-0.2, -0.15) is 0 Å². The zero-order valence-electron chi connectivity index (χ0n) is 74.3. The van der Waals surface area contributed by atoms with E-state index in [1.54, 1.807) is 84.9 Å². The predicted octanol–water partition coefficient (Wildman–Crippen LogP) is 7.17. The molecule has 1 heterocycles. The molecule has 2 aliphatic rings. The summed E-state index contributed by atoms with van der Waals surface area (Å²) in [5.41, 5.74) is 5.10. The molecule has 1 saturated heterocycles. The van der Waals surface area contributed by atoms with Crippen LogP contribution in [0.15, 0.2) is 84.9 Å². The van der Waals surface area contributed by atoms with Crippen molar-refractivity contribution in [2.24, 2.45) is 41.4 Å². The molecule has 29 nitrogen and oxygen atoms in total. The molecule has 13 amide bonds. The number of aliphatic hydroxyl groups excluding tert-OH is 1. The maximum absolute atomic E-state index is 15.8. The largest absolute Gasteiger partial charge is 0.449 e. The van der Waals surface area contributed by atoms with E-state index >= 15 is 38.4 Å². The van der Waals surface area contributed by atoms with Gasteiger partial charge < -0.3 is 80.8 Å². The zero-order valence-corrected chi connectivity index (χ0v) is 74.3. The van der Waals surface area contributed by atoms with Crippen LogP contribution in [0.3, 0.4) is 0 Å². The molecule has 1 aliphatic heterocycles. The lowest BCUT2D eigenvalue weighted by molar-refractivity contribution is -0.157. The maximum Gasteiger partial charge on any atom is 0.407 e. The first-order valence-corrected chi connectivity index (χ1v) is 41.8. The second-order valence-corrected chi connectivity index (χ2v) is 34.3. The van der Waals surface area contributed by atoms with Crippen LogP contribution in [0.1, 0.15) is 189 Å². The molecular formula is C89H137N13O16. The Balaban J connectivity index is 1.56. The van der Waals surface area contributed by atoms with E-state index in [1.165, 1.54) is 87.7 Å². The summed E-state index contributed by atoms with van der Waals surface area (Å²) in [7, 11) is 9.85. The molecule has 3 aromatic rings. The van der Waals surface area contributed by atoms with Crippen molar-refractivity contribution >= 4 is 77.0 Å². The zero-order chi connectivity index (χ0) is 88.6. The Hall–Kier alpha value is -9.77. The fraction of sp³-hybridized carbons (Fsp3) is 0.629. The van der Waals surface area contributed by atoms with Crippen molar-refractivity contribution < 1.29 is 76.9 Å². The van der Waals surface area contributed by atoms with E-state index in [2.05, 4.69) is 44.0 Å². The van der Waals surface area contributed by atoms with Gasteiger partial charge in [0.25, 0.3) is 5.91 Å². The quantitative estimate of drug-likeness (QED) is 0.0309. The van der Waals surface area contributed by atoms with E-state index in [1.807, 2.05) is 91.8 Å². The van der Waals surface area contributed by atoms with Crippen molar-refractivity contribution in [2.75, 3.05) is 82.2 Å². The highest BCUT2D eigenvalue weighted by Crippen LogP contribution is 2.44. The number of hydrogen-bond acceptors (Lipinski definition) is 16. The van der Waals surface area contributed by atoms with Gasteiger partial charge in [0.1, 0.15) is 73.1 Å². The van der Waals surface area contributed by atoms with E-state index in [9.17, 15) is 29.1 Å². The number of alkyl carbamates (subject to hydrolysis) is 1.